The van der Waals surface area contributed by atoms with Crippen LogP contribution in [0.3, 0.4) is 0 Å². The van der Waals surface area contributed by atoms with E-state index < -0.39 is 26.6 Å². The van der Waals surface area contributed by atoms with Crippen molar-refractivity contribution >= 4 is 26.0 Å². The molecule has 7 heteroatoms. The van der Waals surface area contributed by atoms with Crippen LogP contribution >= 0.6 is 15.9 Å². The third kappa shape index (κ3) is 3.14. The third-order valence-corrected chi connectivity index (χ3v) is 5.63. The summed E-state index contributed by atoms with van der Waals surface area (Å²) in [4.78, 5) is -0.451. The lowest BCUT2D eigenvalue weighted by molar-refractivity contribution is 0.448. The van der Waals surface area contributed by atoms with Crippen molar-refractivity contribution in [2.75, 3.05) is 18.4 Å². The van der Waals surface area contributed by atoms with E-state index in [1.807, 2.05) is 0 Å². The summed E-state index contributed by atoms with van der Waals surface area (Å²) in [5.41, 5.74) is 0. The van der Waals surface area contributed by atoms with Gasteiger partial charge in [0.05, 0.1) is 0 Å². The van der Waals surface area contributed by atoms with Crippen LogP contribution in [0.25, 0.3) is 0 Å². The fourth-order valence-electron chi connectivity index (χ4n) is 2.23. The van der Waals surface area contributed by atoms with Crippen LogP contribution in [-0.2, 0) is 10.0 Å². The van der Waals surface area contributed by atoms with Crippen molar-refractivity contribution < 1.29 is 17.2 Å². The van der Waals surface area contributed by atoms with E-state index in [9.17, 15) is 17.2 Å². The minimum absolute atomic E-state index is 0.289. The molecule has 1 aromatic rings. The van der Waals surface area contributed by atoms with E-state index in [0.717, 1.165) is 30.3 Å². The maximum absolute atomic E-state index is 13.6. The summed E-state index contributed by atoms with van der Waals surface area (Å²) in [5, 5.41) is 0.816. The van der Waals surface area contributed by atoms with Crippen LogP contribution in [0.15, 0.2) is 23.1 Å². The molecule has 0 N–H and O–H groups in total. The highest BCUT2D eigenvalue weighted by Crippen LogP contribution is 2.27. The number of benzene rings is 1. The Balaban J connectivity index is 2.23. The number of nitrogens with zero attached hydrogens (tertiary/aromatic N) is 1. The van der Waals surface area contributed by atoms with Gasteiger partial charge in [0.2, 0.25) is 10.0 Å². The summed E-state index contributed by atoms with van der Waals surface area (Å²) in [6.07, 6.45) is 1.66. The zero-order chi connectivity index (χ0) is 14.0. The molecule has 1 aliphatic rings. The molecule has 1 heterocycles. The quantitative estimate of drug-likeness (QED) is 0.780. The van der Waals surface area contributed by atoms with Crippen LogP contribution in [0.5, 0.6) is 0 Å². The molecular weight excluding hydrogens is 340 g/mol. The normalized spacial score (nSPS) is 20.9. The van der Waals surface area contributed by atoms with Gasteiger partial charge in [-0.2, -0.15) is 4.31 Å². The Bertz CT molecular complexity index is 565. The van der Waals surface area contributed by atoms with Crippen molar-refractivity contribution in [1.29, 1.82) is 0 Å². The van der Waals surface area contributed by atoms with E-state index in [-0.39, 0.29) is 5.92 Å². The topological polar surface area (TPSA) is 37.4 Å². The van der Waals surface area contributed by atoms with Gasteiger partial charge in [-0.1, -0.05) is 15.9 Å². The Kier molecular flexibility index (Phi) is 4.58. The summed E-state index contributed by atoms with van der Waals surface area (Å²) in [5.74, 6) is -1.53. The highest BCUT2D eigenvalue weighted by Gasteiger charge is 2.33. The molecule has 3 nitrogen and oxygen atoms in total. The molecule has 1 aromatic carbocycles. The zero-order valence-corrected chi connectivity index (χ0v) is 12.6. The Hall–Kier alpha value is -0.530. The summed E-state index contributed by atoms with van der Waals surface area (Å²) in [7, 11) is -3.86. The summed E-state index contributed by atoms with van der Waals surface area (Å²) in [6.45, 7) is 0.779. The molecule has 1 unspecified atom stereocenters. The van der Waals surface area contributed by atoms with Crippen molar-refractivity contribution in [3.63, 3.8) is 0 Å². The maximum Gasteiger partial charge on any atom is 0.245 e. The van der Waals surface area contributed by atoms with Gasteiger partial charge in [-0.3, -0.25) is 0 Å². The molecule has 1 atom stereocenters. The van der Waals surface area contributed by atoms with Gasteiger partial charge in [-0.15, -0.1) is 0 Å². The first-order valence-electron chi connectivity index (χ1n) is 5.96. The lowest BCUT2D eigenvalue weighted by Crippen LogP contribution is -2.29. The number of sulfonamides is 1. The predicted molar refractivity (Wildman–Crippen MR) is 71.6 cm³/mol. The largest absolute Gasteiger partial charge is 0.245 e. The highest BCUT2D eigenvalue weighted by molar-refractivity contribution is 9.09. The standard InChI is InChI=1S/C12H14BrF2NO2S/c13-5-3-9-4-6-16(8-9)19(17,18)12-2-1-10(14)7-11(12)15/h1-2,7,9H,3-6,8H2. The molecule has 1 aliphatic heterocycles. The van der Waals surface area contributed by atoms with Gasteiger partial charge < -0.3 is 0 Å². The first kappa shape index (κ1) is 14.9. The molecule has 2 rings (SSSR count). The number of hydrogen-bond acceptors (Lipinski definition) is 2. The predicted octanol–water partition coefficient (Wildman–Crippen LogP) is 2.76. The average molecular weight is 354 g/mol. The minimum atomic E-state index is -3.86. The van der Waals surface area contributed by atoms with E-state index >= 15 is 0 Å². The van der Waals surface area contributed by atoms with Gasteiger partial charge in [0, 0.05) is 24.5 Å². The highest BCUT2D eigenvalue weighted by atomic mass is 79.9. The first-order chi connectivity index (χ1) is 8.95. The van der Waals surface area contributed by atoms with E-state index in [2.05, 4.69) is 15.9 Å². The lowest BCUT2D eigenvalue weighted by Gasteiger charge is -2.17. The zero-order valence-electron chi connectivity index (χ0n) is 10.2. The van der Waals surface area contributed by atoms with Crippen LogP contribution in [0.1, 0.15) is 12.8 Å². The molecule has 1 fully saturated rings. The van der Waals surface area contributed by atoms with Gasteiger partial charge in [-0.25, -0.2) is 17.2 Å². The number of hydrogen-bond donors (Lipinski definition) is 0. The smallest absolute Gasteiger partial charge is 0.207 e. The van der Waals surface area contributed by atoms with Crippen LogP contribution in [0.4, 0.5) is 8.78 Å². The van der Waals surface area contributed by atoms with E-state index in [0.29, 0.717) is 19.2 Å². The maximum atomic E-state index is 13.6. The average Bonchev–Trinajstić information content (AvgIpc) is 2.78. The third-order valence-electron chi connectivity index (χ3n) is 3.28. The molecule has 0 saturated carbocycles. The van der Waals surface area contributed by atoms with Gasteiger partial charge in [0.1, 0.15) is 16.5 Å². The minimum Gasteiger partial charge on any atom is -0.207 e. The summed E-state index contributed by atoms with van der Waals surface area (Å²) in [6, 6.07) is 2.54. The summed E-state index contributed by atoms with van der Waals surface area (Å²) < 4.78 is 52.2. The van der Waals surface area contributed by atoms with Crippen molar-refractivity contribution in [2.24, 2.45) is 5.92 Å². The molecule has 0 amide bonds. The SMILES string of the molecule is O=S(=O)(c1ccc(F)cc1F)N1CCC(CCBr)C1. The molecule has 0 radical (unpaired) electrons. The van der Waals surface area contributed by atoms with Gasteiger partial charge in [0.25, 0.3) is 0 Å². The van der Waals surface area contributed by atoms with E-state index in [1.54, 1.807) is 0 Å². The van der Waals surface area contributed by atoms with Crippen LogP contribution < -0.4 is 0 Å². The monoisotopic (exact) mass is 353 g/mol. The van der Waals surface area contributed by atoms with Crippen LogP contribution in [-0.4, -0.2) is 31.1 Å². The van der Waals surface area contributed by atoms with Crippen molar-refractivity contribution in [3.05, 3.63) is 29.8 Å². The molecule has 0 aliphatic carbocycles. The van der Waals surface area contributed by atoms with Crippen LogP contribution in [0, 0.1) is 17.6 Å². The summed E-state index contributed by atoms with van der Waals surface area (Å²) >= 11 is 3.32. The molecule has 0 spiro atoms. The van der Waals surface area contributed by atoms with Crippen molar-refractivity contribution in [3.8, 4) is 0 Å². The van der Waals surface area contributed by atoms with E-state index in [1.165, 1.54) is 4.31 Å². The number of alkyl halides is 1. The van der Waals surface area contributed by atoms with Crippen molar-refractivity contribution in [1.82, 2.24) is 4.31 Å². The van der Waals surface area contributed by atoms with Gasteiger partial charge in [-0.05, 0) is 30.9 Å². The second-order valence-electron chi connectivity index (χ2n) is 4.57. The molecule has 1 saturated heterocycles. The molecule has 0 aromatic heterocycles. The fourth-order valence-corrected chi connectivity index (χ4v) is 4.45. The molecule has 106 valence electrons. The second-order valence-corrected chi connectivity index (χ2v) is 7.27. The Labute approximate surface area is 119 Å². The lowest BCUT2D eigenvalue weighted by atomic mass is 10.1. The molecule has 19 heavy (non-hydrogen) atoms. The molecule has 0 bridgehead atoms. The Morgan fingerprint density at radius 3 is 2.74 bits per heavy atom. The van der Waals surface area contributed by atoms with E-state index in [4.69, 9.17) is 0 Å². The van der Waals surface area contributed by atoms with Gasteiger partial charge >= 0.3 is 0 Å². The number of halogens is 3. The second kappa shape index (κ2) is 5.85. The van der Waals surface area contributed by atoms with Gasteiger partial charge in [0.15, 0.2) is 0 Å². The Morgan fingerprint density at radius 1 is 1.37 bits per heavy atom. The number of rotatable bonds is 4. The molecular formula is C12H14BrF2NO2S. The fraction of sp³-hybridized carbons (Fsp3) is 0.500. The van der Waals surface area contributed by atoms with Crippen LogP contribution in [0.2, 0.25) is 0 Å². The van der Waals surface area contributed by atoms with Crippen molar-refractivity contribution in [2.45, 2.75) is 17.7 Å². The first-order valence-corrected chi connectivity index (χ1v) is 8.52. The Morgan fingerprint density at radius 2 is 2.11 bits per heavy atom.